The van der Waals surface area contributed by atoms with Crippen LogP contribution in [0.5, 0.6) is 5.75 Å². The smallest absolute Gasteiger partial charge is 0.248 e. The molecule has 5 heterocycles. The first-order valence-electron chi connectivity index (χ1n) is 11.7. The van der Waals surface area contributed by atoms with E-state index in [-0.39, 0.29) is 42.1 Å². The van der Waals surface area contributed by atoms with Crippen LogP contribution in [0.2, 0.25) is 0 Å². The first-order chi connectivity index (χ1) is 17.6. The van der Waals surface area contributed by atoms with Gasteiger partial charge in [0.15, 0.2) is 11.5 Å². The summed E-state index contributed by atoms with van der Waals surface area (Å²) >= 11 is 0. The van der Waals surface area contributed by atoms with Gasteiger partial charge in [-0.05, 0) is 25.0 Å². The Labute approximate surface area is 209 Å². The van der Waals surface area contributed by atoms with Gasteiger partial charge in [-0.15, -0.1) is 0 Å². The van der Waals surface area contributed by atoms with Crippen molar-refractivity contribution in [2.75, 3.05) is 18.2 Å². The highest BCUT2D eigenvalue weighted by molar-refractivity contribution is 6.09. The van der Waals surface area contributed by atoms with Gasteiger partial charge in [0.2, 0.25) is 11.8 Å². The zero-order valence-electron chi connectivity index (χ0n) is 20.3. The SMILES string of the molecule is COc1ccc(C2(C)C(=O)Nc3nc(-c4nc(CC5CC(F)(F)C5)nc5c4cnn5C)nc(N)c32)nc1. The summed E-state index contributed by atoms with van der Waals surface area (Å²) in [6.07, 6.45) is 3.02. The Morgan fingerprint density at radius 3 is 2.65 bits per heavy atom. The summed E-state index contributed by atoms with van der Waals surface area (Å²) in [5, 5.41) is 7.64. The fourth-order valence-corrected chi connectivity index (χ4v) is 5.07. The third-order valence-corrected chi connectivity index (χ3v) is 7.10. The molecule has 0 saturated heterocycles. The fraction of sp³-hybridized carbons (Fsp3) is 0.375. The molecular formula is C24H23F2N9O2. The Morgan fingerprint density at radius 2 is 1.97 bits per heavy atom. The van der Waals surface area contributed by atoms with Crippen LogP contribution >= 0.6 is 0 Å². The number of anilines is 2. The van der Waals surface area contributed by atoms with Crippen LogP contribution in [-0.2, 0) is 23.7 Å². The van der Waals surface area contributed by atoms with Crippen molar-refractivity contribution in [1.82, 2.24) is 34.7 Å². The number of nitrogen functional groups attached to an aromatic ring is 1. The van der Waals surface area contributed by atoms with Crippen LogP contribution in [0, 0.1) is 5.92 Å². The lowest BCUT2D eigenvalue weighted by atomic mass is 9.79. The molecule has 0 spiro atoms. The highest BCUT2D eigenvalue weighted by Gasteiger charge is 2.49. The number of nitrogens with zero attached hydrogens (tertiary/aromatic N) is 7. The van der Waals surface area contributed by atoms with Crippen LogP contribution in [0.3, 0.4) is 0 Å². The molecule has 4 aromatic heterocycles. The number of aryl methyl sites for hydroxylation is 1. The first-order valence-corrected chi connectivity index (χ1v) is 11.7. The topological polar surface area (TPSA) is 147 Å². The highest BCUT2D eigenvalue weighted by atomic mass is 19.3. The number of methoxy groups -OCH3 is 1. The van der Waals surface area contributed by atoms with Gasteiger partial charge in [-0.25, -0.2) is 28.7 Å². The third-order valence-electron chi connectivity index (χ3n) is 7.10. The Morgan fingerprint density at radius 1 is 1.19 bits per heavy atom. The number of aromatic nitrogens is 7. The number of nitrogens with one attached hydrogen (secondary N) is 1. The lowest BCUT2D eigenvalue weighted by Gasteiger charge is -2.34. The maximum absolute atomic E-state index is 13.4. The molecule has 1 atom stereocenters. The number of hydrogen-bond donors (Lipinski definition) is 2. The van der Waals surface area contributed by atoms with Crippen molar-refractivity contribution in [2.45, 2.75) is 37.5 Å². The average molecular weight is 508 g/mol. The summed E-state index contributed by atoms with van der Waals surface area (Å²) in [6, 6.07) is 3.41. The molecule has 37 heavy (non-hydrogen) atoms. The number of hydrogen-bond acceptors (Lipinski definition) is 9. The zero-order chi connectivity index (χ0) is 26.1. The molecular weight excluding hydrogens is 484 g/mol. The van der Waals surface area contributed by atoms with Crippen LogP contribution in [0.15, 0.2) is 24.5 Å². The van der Waals surface area contributed by atoms with E-state index in [4.69, 9.17) is 10.5 Å². The van der Waals surface area contributed by atoms with E-state index in [1.165, 1.54) is 13.3 Å². The van der Waals surface area contributed by atoms with E-state index >= 15 is 0 Å². The molecule has 1 aliphatic carbocycles. The molecule has 1 unspecified atom stereocenters. The van der Waals surface area contributed by atoms with E-state index < -0.39 is 11.3 Å². The second-order valence-electron chi connectivity index (χ2n) is 9.65. The highest BCUT2D eigenvalue weighted by Crippen LogP contribution is 2.45. The van der Waals surface area contributed by atoms with Gasteiger partial charge < -0.3 is 15.8 Å². The molecule has 13 heteroatoms. The summed E-state index contributed by atoms with van der Waals surface area (Å²) in [7, 11) is 3.26. The number of fused-ring (bicyclic) bond motifs is 2. The maximum Gasteiger partial charge on any atom is 0.248 e. The lowest BCUT2D eigenvalue weighted by molar-refractivity contribution is -0.119. The van der Waals surface area contributed by atoms with E-state index in [0.717, 1.165) is 0 Å². The number of nitrogens with two attached hydrogens (primary N) is 1. The van der Waals surface area contributed by atoms with Crippen LogP contribution < -0.4 is 15.8 Å². The molecule has 190 valence electrons. The number of rotatable bonds is 5. The Kier molecular flexibility index (Phi) is 4.91. The van der Waals surface area contributed by atoms with Crippen molar-refractivity contribution >= 4 is 28.6 Å². The average Bonchev–Trinajstić information content (AvgIpc) is 3.34. The molecule has 1 fully saturated rings. The molecule has 0 bridgehead atoms. The Balaban J connectivity index is 1.44. The zero-order valence-corrected chi connectivity index (χ0v) is 20.3. The number of ether oxygens (including phenoxy) is 1. The third kappa shape index (κ3) is 3.56. The minimum absolute atomic E-state index is 0.0919. The molecule has 6 rings (SSSR count). The molecule has 2 aliphatic rings. The maximum atomic E-state index is 13.4. The second-order valence-corrected chi connectivity index (χ2v) is 9.65. The van der Waals surface area contributed by atoms with Crippen LogP contribution in [0.1, 0.15) is 36.8 Å². The monoisotopic (exact) mass is 507 g/mol. The molecule has 4 aromatic rings. The van der Waals surface area contributed by atoms with Gasteiger partial charge in [0.1, 0.15) is 34.3 Å². The number of pyridine rings is 1. The van der Waals surface area contributed by atoms with E-state index in [9.17, 15) is 13.6 Å². The van der Waals surface area contributed by atoms with Crippen molar-refractivity contribution in [1.29, 1.82) is 0 Å². The van der Waals surface area contributed by atoms with Gasteiger partial charge in [-0.2, -0.15) is 5.10 Å². The number of alkyl halides is 2. The fourth-order valence-electron chi connectivity index (χ4n) is 5.07. The van der Waals surface area contributed by atoms with Crippen LogP contribution in [-0.4, -0.2) is 53.6 Å². The van der Waals surface area contributed by atoms with Gasteiger partial charge in [0.25, 0.3) is 0 Å². The second kappa shape index (κ2) is 7.85. The van der Waals surface area contributed by atoms with Crippen molar-refractivity contribution in [3.63, 3.8) is 0 Å². The Bertz CT molecular complexity index is 1560. The predicted molar refractivity (Wildman–Crippen MR) is 129 cm³/mol. The molecule has 0 aromatic carbocycles. The number of amides is 1. The molecule has 3 N–H and O–H groups in total. The molecule has 1 saturated carbocycles. The summed E-state index contributed by atoms with van der Waals surface area (Å²) in [5.74, 6) is -1.73. The summed E-state index contributed by atoms with van der Waals surface area (Å²) in [6.45, 7) is 1.71. The standard InChI is InChI=1S/C24H23F2N9O2/c1-23(14-5-4-12(37-3)9-28-14)16-18(27)32-20(33-19(16)34-22(23)36)17-13-10-29-35(2)21(13)31-15(30-17)6-11-7-24(25,26)8-11/h4-5,9-11H,6-8H2,1-3H3,(H3,27,32,33,34,36). The largest absolute Gasteiger partial charge is 0.495 e. The van der Waals surface area contributed by atoms with Gasteiger partial charge in [0, 0.05) is 26.3 Å². The molecule has 0 radical (unpaired) electrons. The van der Waals surface area contributed by atoms with Crippen molar-refractivity contribution in [2.24, 2.45) is 13.0 Å². The van der Waals surface area contributed by atoms with Crippen molar-refractivity contribution < 1.29 is 18.3 Å². The Hall–Kier alpha value is -4.29. The lowest BCUT2D eigenvalue weighted by Crippen LogP contribution is -2.36. The molecule has 11 nitrogen and oxygen atoms in total. The van der Waals surface area contributed by atoms with E-state index in [0.29, 0.717) is 46.0 Å². The van der Waals surface area contributed by atoms with Gasteiger partial charge in [-0.1, -0.05) is 0 Å². The summed E-state index contributed by atoms with van der Waals surface area (Å²) in [4.78, 5) is 35.9. The summed E-state index contributed by atoms with van der Waals surface area (Å²) in [5.41, 5.74) is 6.95. The van der Waals surface area contributed by atoms with Crippen LogP contribution in [0.4, 0.5) is 20.4 Å². The van der Waals surface area contributed by atoms with Crippen LogP contribution in [0.25, 0.3) is 22.6 Å². The normalized spacial score (nSPS) is 20.5. The minimum atomic E-state index is -2.63. The van der Waals surface area contributed by atoms with E-state index in [2.05, 4.69) is 35.3 Å². The number of halogens is 2. The minimum Gasteiger partial charge on any atom is -0.495 e. The number of carbonyl (C=O) groups excluding carboxylic acids is 1. The first kappa shape index (κ1) is 23.1. The van der Waals surface area contributed by atoms with E-state index in [1.54, 1.807) is 37.0 Å². The van der Waals surface area contributed by atoms with Crippen molar-refractivity contribution in [3.8, 4) is 17.3 Å². The van der Waals surface area contributed by atoms with Crippen molar-refractivity contribution in [3.05, 3.63) is 41.6 Å². The summed E-state index contributed by atoms with van der Waals surface area (Å²) < 4.78 is 33.5. The van der Waals surface area contributed by atoms with Gasteiger partial charge in [-0.3, -0.25) is 14.5 Å². The number of carbonyl (C=O) groups is 1. The van der Waals surface area contributed by atoms with Gasteiger partial charge in [0.05, 0.1) is 36.1 Å². The van der Waals surface area contributed by atoms with E-state index in [1.807, 2.05) is 0 Å². The molecule has 1 amide bonds. The predicted octanol–water partition coefficient (Wildman–Crippen LogP) is 2.65. The quantitative estimate of drug-likeness (QED) is 0.416. The molecule has 1 aliphatic heterocycles. The van der Waals surface area contributed by atoms with Gasteiger partial charge >= 0.3 is 0 Å².